The molecule has 80 valence electrons. The van der Waals surface area contributed by atoms with Crippen LogP contribution in [0, 0.1) is 0 Å². The van der Waals surface area contributed by atoms with E-state index in [0.29, 0.717) is 0 Å². The first-order valence-electron chi connectivity index (χ1n) is 4.05. The maximum Gasteiger partial charge on any atom is 0.320 e. The van der Waals surface area contributed by atoms with Gasteiger partial charge >= 0.3 is 5.97 Å². The zero-order valence-electron chi connectivity index (χ0n) is 7.64. The average molecular weight is 202 g/mol. The summed E-state index contributed by atoms with van der Waals surface area (Å²) in [5.41, 5.74) is 4.86. The lowest BCUT2D eigenvalue weighted by Gasteiger charge is -2.15. The molecule has 0 bridgehead atoms. The number of hydrogen-bond donors (Lipinski definition) is 4. The van der Waals surface area contributed by atoms with E-state index < -0.39 is 24.1 Å². The maximum absolute atomic E-state index is 10.6. The van der Waals surface area contributed by atoms with Crippen molar-refractivity contribution in [2.45, 2.75) is 25.1 Å². The van der Waals surface area contributed by atoms with E-state index in [4.69, 9.17) is 15.9 Å². The predicted molar refractivity (Wildman–Crippen MR) is 49.2 cm³/mol. The van der Waals surface area contributed by atoms with Gasteiger partial charge in [-0.05, 0) is 12.5 Å². The quantitative estimate of drug-likeness (QED) is 0.306. The fourth-order valence-electron chi connectivity index (χ4n) is 0.839. The molecule has 0 aromatic heterocycles. The van der Waals surface area contributed by atoms with Crippen LogP contribution >= 0.6 is 0 Å². The van der Waals surface area contributed by atoms with E-state index in [0.717, 1.165) is 6.08 Å². The minimum Gasteiger partial charge on any atom is -0.480 e. The van der Waals surface area contributed by atoms with E-state index in [9.17, 15) is 9.59 Å². The summed E-state index contributed by atoms with van der Waals surface area (Å²) in [7, 11) is 0. The molecule has 0 aromatic rings. The second kappa shape index (κ2) is 6.11. The van der Waals surface area contributed by atoms with Gasteiger partial charge in [0.1, 0.15) is 12.3 Å². The van der Waals surface area contributed by atoms with Gasteiger partial charge < -0.3 is 15.9 Å². The molecule has 5 N–H and O–H groups in total. The van der Waals surface area contributed by atoms with Crippen LogP contribution in [-0.4, -0.2) is 34.4 Å². The highest BCUT2D eigenvalue weighted by atomic mass is 16.4. The minimum atomic E-state index is -1.15. The SMILES string of the molecule is C=CC(O)N[C@@H](CCC(N)=O)C(=O)O. The molecule has 0 saturated heterocycles. The Hall–Kier alpha value is -1.40. The van der Waals surface area contributed by atoms with E-state index in [1.54, 1.807) is 0 Å². The molecule has 0 aromatic carbocycles. The van der Waals surface area contributed by atoms with Crippen LogP contribution in [0.3, 0.4) is 0 Å². The Morgan fingerprint density at radius 3 is 2.50 bits per heavy atom. The van der Waals surface area contributed by atoms with Crippen LogP contribution in [-0.2, 0) is 9.59 Å². The molecule has 0 spiro atoms. The summed E-state index contributed by atoms with van der Waals surface area (Å²) in [5, 5.41) is 20.1. The summed E-state index contributed by atoms with van der Waals surface area (Å²) in [5.74, 6) is -1.72. The Morgan fingerprint density at radius 2 is 2.14 bits per heavy atom. The van der Waals surface area contributed by atoms with Gasteiger partial charge in [0, 0.05) is 6.42 Å². The second-order valence-electron chi connectivity index (χ2n) is 2.74. The zero-order valence-corrected chi connectivity index (χ0v) is 7.64. The summed E-state index contributed by atoms with van der Waals surface area (Å²) in [6.45, 7) is 3.27. The zero-order chi connectivity index (χ0) is 11.1. The van der Waals surface area contributed by atoms with Crippen molar-refractivity contribution in [3.8, 4) is 0 Å². The highest BCUT2D eigenvalue weighted by Gasteiger charge is 2.19. The lowest BCUT2D eigenvalue weighted by atomic mass is 10.1. The number of rotatable bonds is 7. The number of nitrogens with two attached hydrogens (primary N) is 1. The fraction of sp³-hybridized carbons (Fsp3) is 0.500. The van der Waals surface area contributed by atoms with Crippen LogP contribution < -0.4 is 11.1 Å². The second-order valence-corrected chi connectivity index (χ2v) is 2.74. The Bertz CT molecular complexity index is 229. The van der Waals surface area contributed by atoms with E-state index in [1.807, 2.05) is 0 Å². The topological polar surface area (TPSA) is 113 Å². The molecular formula is C8H14N2O4. The van der Waals surface area contributed by atoms with Crippen LogP contribution in [0.25, 0.3) is 0 Å². The van der Waals surface area contributed by atoms with Gasteiger partial charge in [0.05, 0.1) is 0 Å². The number of carboxylic acids is 1. The number of hydrogen-bond acceptors (Lipinski definition) is 4. The molecule has 2 atom stereocenters. The Labute approximate surface area is 81.4 Å². The van der Waals surface area contributed by atoms with Crippen molar-refractivity contribution in [3.63, 3.8) is 0 Å². The molecule has 14 heavy (non-hydrogen) atoms. The van der Waals surface area contributed by atoms with Gasteiger partial charge in [0.2, 0.25) is 5.91 Å². The average Bonchev–Trinajstić information content (AvgIpc) is 2.10. The number of aliphatic hydroxyl groups is 1. The van der Waals surface area contributed by atoms with Gasteiger partial charge in [-0.25, -0.2) is 0 Å². The minimum absolute atomic E-state index is 0.0373. The fourth-order valence-corrected chi connectivity index (χ4v) is 0.839. The van der Waals surface area contributed by atoms with Gasteiger partial charge in [-0.1, -0.05) is 6.58 Å². The summed E-state index contributed by atoms with van der Waals surface area (Å²) in [6.07, 6.45) is 0.0350. The highest BCUT2D eigenvalue weighted by Crippen LogP contribution is 1.98. The number of aliphatic carboxylic acids is 1. The molecule has 0 radical (unpaired) electrons. The standard InChI is InChI=1S/C8H14N2O4/c1-2-7(12)10-5(8(13)14)3-4-6(9)11/h2,5,7,10,12H,1,3-4H2,(H2,9,11)(H,13,14)/t5-,7?/m0/s1. The molecule has 6 nitrogen and oxygen atoms in total. The monoisotopic (exact) mass is 202 g/mol. The number of nitrogens with one attached hydrogen (secondary N) is 1. The highest BCUT2D eigenvalue weighted by molar-refractivity contribution is 5.77. The molecular weight excluding hydrogens is 188 g/mol. The lowest BCUT2D eigenvalue weighted by Crippen LogP contribution is -2.42. The first-order valence-corrected chi connectivity index (χ1v) is 4.05. The van der Waals surface area contributed by atoms with E-state index in [1.165, 1.54) is 0 Å². The van der Waals surface area contributed by atoms with Crippen molar-refractivity contribution >= 4 is 11.9 Å². The van der Waals surface area contributed by atoms with Crippen molar-refractivity contribution in [2.24, 2.45) is 5.73 Å². The van der Waals surface area contributed by atoms with E-state index in [-0.39, 0.29) is 12.8 Å². The van der Waals surface area contributed by atoms with Crippen molar-refractivity contribution in [1.82, 2.24) is 5.32 Å². The number of amides is 1. The first kappa shape index (κ1) is 12.6. The van der Waals surface area contributed by atoms with Gasteiger partial charge in [-0.3, -0.25) is 14.9 Å². The van der Waals surface area contributed by atoms with Crippen molar-refractivity contribution in [1.29, 1.82) is 0 Å². The first-order chi connectivity index (χ1) is 6.47. The Balaban J connectivity index is 4.08. The molecule has 0 heterocycles. The Kier molecular flexibility index (Phi) is 5.50. The Morgan fingerprint density at radius 1 is 1.57 bits per heavy atom. The lowest BCUT2D eigenvalue weighted by molar-refractivity contribution is -0.140. The molecule has 1 unspecified atom stereocenters. The normalized spacial score (nSPS) is 14.4. The predicted octanol–water partition coefficient (Wildman–Crippen LogP) is -1.20. The van der Waals surface area contributed by atoms with Gasteiger partial charge in [0.15, 0.2) is 0 Å². The third-order valence-corrected chi connectivity index (χ3v) is 1.57. The number of carbonyl (C=O) groups excluding carboxylic acids is 1. The van der Waals surface area contributed by atoms with E-state index >= 15 is 0 Å². The third-order valence-electron chi connectivity index (χ3n) is 1.57. The molecule has 0 fully saturated rings. The molecule has 1 amide bonds. The van der Waals surface area contributed by atoms with Crippen molar-refractivity contribution < 1.29 is 19.8 Å². The molecule has 0 aliphatic heterocycles. The van der Waals surface area contributed by atoms with Crippen molar-refractivity contribution in [3.05, 3.63) is 12.7 Å². The number of carboxylic acid groups (broad SMARTS) is 1. The number of carbonyl (C=O) groups is 2. The van der Waals surface area contributed by atoms with Gasteiger partial charge in [-0.2, -0.15) is 0 Å². The van der Waals surface area contributed by atoms with Crippen LogP contribution in [0.4, 0.5) is 0 Å². The molecule has 0 aliphatic rings. The summed E-state index contributed by atoms with van der Waals surface area (Å²) in [4.78, 5) is 21.0. The van der Waals surface area contributed by atoms with E-state index in [2.05, 4.69) is 11.9 Å². The largest absolute Gasteiger partial charge is 0.480 e. The molecule has 0 saturated carbocycles. The van der Waals surface area contributed by atoms with Crippen molar-refractivity contribution in [2.75, 3.05) is 0 Å². The van der Waals surface area contributed by atoms with Crippen LogP contribution in [0.15, 0.2) is 12.7 Å². The van der Waals surface area contributed by atoms with Gasteiger partial charge in [-0.15, -0.1) is 0 Å². The van der Waals surface area contributed by atoms with Crippen LogP contribution in [0.2, 0.25) is 0 Å². The van der Waals surface area contributed by atoms with Crippen LogP contribution in [0.1, 0.15) is 12.8 Å². The van der Waals surface area contributed by atoms with Gasteiger partial charge in [0.25, 0.3) is 0 Å². The number of primary amides is 1. The third kappa shape index (κ3) is 5.28. The summed E-state index contributed by atoms with van der Waals surface area (Å²) < 4.78 is 0. The summed E-state index contributed by atoms with van der Waals surface area (Å²) in [6, 6.07) is -1.00. The number of aliphatic hydroxyl groups excluding tert-OH is 1. The summed E-state index contributed by atoms with van der Waals surface area (Å²) >= 11 is 0. The molecule has 0 aliphatic carbocycles. The molecule has 6 heteroatoms. The molecule has 0 rings (SSSR count). The van der Waals surface area contributed by atoms with Crippen LogP contribution in [0.5, 0.6) is 0 Å². The maximum atomic E-state index is 10.6. The smallest absolute Gasteiger partial charge is 0.320 e.